The summed E-state index contributed by atoms with van der Waals surface area (Å²) in [6.45, 7) is 1.77. The van der Waals surface area contributed by atoms with Crippen molar-refractivity contribution in [3.05, 3.63) is 23.4 Å². The van der Waals surface area contributed by atoms with Crippen molar-refractivity contribution in [1.29, 1.82) is 0 Å². The Morgan fingerprint density at radius 1 is 1.29 bits per heavy atom. The maximum Gasteiger partial charge on any atom is 0.401 e. The maximum absolute atomic E-state index is 12.3. The summed E-state index contributed by atoms with van der Waals surface area (Å²) in [7, 11) is 0. The molecule has 1 aromatic rings. The van der Waals surface area contributed by atoms with Crippen molar-refractivity contribution in [2.75, 3.05) is 38.5 Å². The number of alkyl halides is 3. The Bertz CT molecular complexity index is 504. The summed E-state index contributed by atoms with van der Waals surface area (Å²) in [6, 6.07) is 3.11. The molecule has 5 nitrogen and oxygen atoms in total. The monoisotopic (exact) mass is 302 g/mol. The normalized spacial score (nSPS) is 17.0. The van der Waals surface area contributed by atoms with E-state index in [0.717, 1.165) is 0 Å². The second kappa shape index (κ2) is 5.88. The standard InChI is InChI=1S/C13H17F3N4O/c1-9-6-10(7-11(17)18-9)12(21)20-4-2-19(3-5-20)8-13(14,15)16/h6-7H,2-5,8H2,1H3,(H2,17,18). The molecule has 0 spiro atoms. The molecule has 0 bridgehead atoms. The summed E-state index contributed by atoms with van der Waals surface area (Å²) in [5.74, 6) is 0.0351. The van der Waals surface area contributed by atoms with Crippen molar-refractivity contribution in [2.45, 2.75) is 13.1 Å². The lowest BCUT2D eigenvalue weighted by atomic mass is 10.2. The van der Waals surface area contributed by atoms with Crippen LogP contribution in [0.25, 0.3) is 0 Å². The van der Waals surface area contributed by atoms with Gasteiger partial charge in [0.25, 0.3) is 5.91 Å². The third kappa shape index (κ3) is 4.32. The van der Waals surface area contributed by atoms with Crippen molar-refractivity contribution in [1.82, 2.24) is 14.8 Å². The zero-order valence-electron chi connectivity index (χ0n) is 11.7. The zero-order valence-corrected chi connectivity index (χ0v) is 11.7. The smallest absolute Gasteiger partial charge is 0.384 e. The summed E-state index contributed by atoms with van der Waals surface area (Å²) in [4.78, 5) is 19.1. The summed E-state index contributed by atoms with van der Waals surface area (Å²) < 4.78 is 36.9. The first-order valence-corrected chi connectivity index (χ1v) is 6.57. The van der Waals surface area contributed by atoms with Crippen LogP contribution in [0.2, 0.25) is 0 Å². The number of piperazine rings is 1. The number of anilines is 1. The summed E-state index contributed by atoms with van der Waals surface area (Å²) in [6.07, 6.45) is -4.21. The molecule has 1 aliphatic rings. The van der Waals surface area contributed by atoms with Gasteiger partial charge in [-0.1, -0.05) is 0 Å². The van der Waals surface area contributed by atoms with Crippen LogP contribution in [0.15, 0.2) is 12.1 Å². The zero-order chi connectivity index (χ0) is 15.6. The molecule has 0 unspecified atom stereocenters. The predicted molar refractivity (Wildman–Crippen MR) is 71.8 cm³/mol. The first-order valence-electron chi connectivity index (χ1n) is 6.57. The van der Waals surface area contributed by atoms with Gasteiger partial charge in [0.15, 0.2) is 0 Å². The third-order valence-corrected chi connectivity index (χ3v) is 3.28. The van der Waals surface area contributed by atoms with Gasteiger partial charge in [0, 0.05) is 37.4 Å². The Labute approximate surface area is 120 Å². The molecule has 2 rings (SSSR count). The molecule has 0 radical (unpaired) electrons. The van der Waals surface area contributed by atoms with Gasteiger partial charge in [-0.15, -0.1) is 0 Å². The van der Waals surface area contributed by atoms with E-state index in [2.05, 4.69) is 4.98 Å². The highest BCUT2D eigenvalue weighted by molar-refractivity contribution is 5.95. The molecule has 0 saturated carbocycles. The second-order valence-corrected chi connectivity index (χ2v) is 5.11. The van der Waals surface area contributed by atoms with Crippen LogP contribution >= 0.6 is 0 Å². The number of aromatic nitrogens is 1. The van der Waals surface area contributed by atoms with E-state index in [1.807, 2.05) is 0 Å². The molecular formula is C13H17F3N4O. The van der Waals surface area contributed by atoms with Crippen LogP contribution in [0.1, 0.15) is 16.1 Å². The molecule has 2 N–H and O–H groups in total. The minimum absolute atomic E-state index is 0.213. The number of halogens is 3. The van der Waals surface area contributed by atoms with E-state index in [1.165, 1.54) is 11.0 Å². The molecule has 0 aliphatic carbocycles. The highest BCUT2D eigenvalue weighted by Crippen LogP contribution is 2.18. The number of aryl methyl sites for hydroxylation is 1. The average Bonchev–Trinajstić information content (AvgIpc) is 2.35. The fourth-order valence-electron chi connectivity index (χ4n) is 2.36. The Morgan fingerprint density at radius 3 is 2.43 bits per heavy atom. The maximum atomic E-state index is 12.3. The topological polar surface area (TPSA) is 62.5 Å². The average molecular weight is 302 g/mol. The minimum Gasteiger partial charge on any atom is -0.384 e. The first-order chi connectivity index (χ1) is 9.74. The largest absolute Gasteiger partial charge is 0.401 e. The highest BCUT2D eigenvalue weighted by atomic mass is 19.4. The lowest BCUT2D eigenvalue weighted by molar-refractivity contribution is -0.148. The Kier molecular flexibility index (Phi) is 4.36. The molecule has 1 aromatic heterocycles. The molecular weight excluding hydrogens is 285 g/mol. The lowest BCUT2D eigenvalue weighted by Crippen LogP contribution is -2.50. The third-order valence-electron chi connectivity index (χ3n) is 3.28. The van der Waals surface area contributed by atoms with E-state index >= 15 is 0 Å². The number of nitrogens with two attached hydrogens (primary N) is 1. The summed E-state index contributed by atoms with van der Waals surface area (Å²) in [5.41, 5.74) is 6.66. The van der Waals surface area contributed by atoms with E-state index in [-0.39, 0.29) is 37.9 Å². The number of rotatable bonds is 2. The van der Waals surface area contributed by atoms with Gasteiger partial charge in [-0.05, 0) is 19.1 Å². The van der Waals surface area contributed by atoms with Gasteiger partial charge in [0.05, 0.1) is 6.54 Å². The molecule has 1 saturated heterocycles. The van der Waals surface area contributed by atoms with Crippen molar-refractivity contribution in [2.24, 2.45) is 0 Å². The number of carbonyl (C=O) groups excluding carboxylic acids is 1. The number of pyridine rings is 1. The quantitative estimate of drug-likeness (QED) is 0.894. The molecule has 8 heteroatoms. The minimum atomic E-state index is -4.21. The molecule has 1 aliphatic heterocycles. The SMILES string of the molecule is Cc1cc(C(=O)N2CCN(CC(F)(F)F)CC2)cc(N)n1. The summed E-state index contributed by atoms with van der Waals surface area (Å²) >= 11 is 0. The van der Waals surface area contributed by atoms with Gasteiger partial charge >= 0.3 is 6.18 Å². The van der Waals surface area contributed by atoms with E-state index in [1.54, 1.807) is 17.9 Å². The Morgan fingerprint density at radius 2 is 1.90 bits per heavy atom. The van der Waals surface area contributed by atoms with E-state index in [4.69, 9.17) is 5.73 Å². The Hall–Kier alpha value is -1.83. The van der Waals surface area contributed by atoms with Crippen LogP contribution in [0.4, 0.5) is 19.0 Å². The van der Waals surface area contributed by atoms with Crippen LogP contribution in [-0.2, 0) is 0 Å². The lowest BCUT2D eigenvalue weighted by Gasteiger charge is -2.35. The van der Waals surface area contributed by atoms with Crippen molar-refractivity contribution in [3.8, 4) is 0 Å². The Balaban J connectivity index is 1.97. The molecule has 1 amide bonds. The van der Waals surface area contributed by atoms with Crippen molar-refractivity contribution in [3.63, 3.8) is 0 Å². The molecule has 116 valence electrons. The molecule has 21 heavy (non-hydrogen) atoms. The van der Waals surface area contributed by atoms with Gasteiger partial charge in [-0.3, -0.25) is 9.69 Å². The van der Waals surface area contributed by atoms with Gasteiger partial charge < -0.3 is 10.6 Å². The number of nitrogens with zero attached hydrogens (tertiary/aromatic N) is 3. The van der Waals surface area contributed by atoms with Crippen molar-refractivity contribution < 1.29 is 18.0 Å². The van der Waals surface area contributed by atoms with Crippen LogP contribution in [0.3, 0.4) is 0 Å². The number of hydrogen-bond donors (Lipinski definition) is 1. The van der Waals surface area contributed by atoms with Crippen LogP contribution in [0, 0.1) is 6.92 Å². The highest BCUT2D eigenvalue weighted by Gasteiger charge is 2.33. The number of amides is 1. The first kappa shape index (κ1) is 15.6. The van der Waals surface area contributed by atoms with Crippen molar-refractivity contribution >= 4 is 11.7 Å². The van der Waals surface area contributed by atoms with Crippen LogP contribution < -0.4 is 5.73 Å². The van der Waals surface area contributed by atoms with Gasteiger partial charge in [-0.2, -0.15) is 13.2 Å². The van der Waals surface area contributed by atoms with E-state index in [0.29, 0.717) is 11.3 Å². The summed E-state index contributed by atoms with van der Waals surface area (Å²) in [5, 5.41) is 0. The fourth-order valence-corrected chi connectivity index (χ4v) is 2.36. The van der Waals surface area contributed by atoms with E-state index in [9.17, 15) is 18.0 Å². The van der Waals surface area contributed by atoms with Crippen LogP contribution in [-0.4, -0.2) is 59.6 Å². The molecule has 2 heterocycles. The van der Waals surface area contributed by atoms with Gasteiger partial charge in [0.2, 0.25) is 0 Å². The molecule has 1 fully saturated rings. The van der Waals surface area contributed by atoms with Crippen LogP contribution in [0.5, 0.6) is 0 Å². The number of nitrogen functional groups attached to an aromatic ring is 1. The molecule has 0 aromatic carbocycles. The second-order valence-electron chi connectivity index (χ2n) is 5.11. The fraction of sp³-hybridized carbons (Fsp3) is 0.538. The number of carbonyl (C=O) groups is 1. The van der Waals surface area contributed by atoms with Gasteiger partial charge in [0.1, 0.15) is 5.82 Å². The number of hydrogen-bond acceptors (Lipinski definition) is 4. The predicted octanol–water partition coefficient (Wildman–Crippen LogP) is 1.29. The van der Waals surface area contributed by atoms with E-state index < -0.39 is 12.7 Å². The molecule has 0 atom stereocenters. The van der Waals surface area contributed by atoms with Gasteiger partial charge in [-0.25, -0.2) is 4.98 Å².